The standard InChI is InChI=1S/C23H19ClO3/c24-20-13-14-22(27-16-17-7-2-1-3-8-17)19(15-20)11-6-10-18-9-4-5-12-21(18)23(25)26/h1-10,12-15H,11,16H2,(H,25,26). The van der Waals surface area contributed by atoms with Gasteiger partial charge in [-0.25, -0.2) is 4.79 Å². The Labute approximate surface area is 163 Å². The molecule has 0 aliphatic carbocycles. The van der Waals surface area contributed by atoms with Crippen LogP contribution in [0.4, 0.5) is 0 Å². The fourth-order valence-electron chi connectivity index (χ4n) is 2.73. The molecular weight excluding hydrogens is 360 g/mol. The summed E-state index contributed by atoms with van der Waals surface area (Å²) in [6, 6.07) is 22.4. The van der Waals surface area contributed by atoms with Crippen LogP contribution in [0.5, 0.6) is 5.75 Å². The zero-order valence-electron chi connectivity index (χ0n) is 14.6. The Bertz CT molecular complexity index is 949. The number of carboxylic acids is 1. The number of halogens is 1. The number of rotatable bonds is 7. The van der Waals surface area contributed by atoms with Crippen molar-refractivity contribution in [2.75, 3.05) is 0 Å². The Balaban J connectivity index is 1.74. The van der Waals surface area contributed by atoms with E-state index in [1.54, 1.807) is 24.3 Å². The van der Waals surface area contributed by atoms with E-state index in [-0.39, 0.29) is 5.56 Å². The van der Waals surface area contributed by atoms with E-state index < -0.39 is 5.97 Å². The lowest BCUT2D eigenvalue weighted by Crippen LogP contribution is -1.99. The van der Waals surface area contributed by atoms with Crippen LogP contribution in [0.15, 0.2) is 78.9 Å². The maximum atomic E-state index is 11.3. The molecule has 0 aromatic heterocycles. The van der Waals surface area contributed by atoms with Crippen molar-refractivity contribution in [3.63, 3.8) is 0 Å². The maximum absolute atomic E-state index is 11.3. The summed E-state index contributed by atoms with van der Waals surface area (Å²) in [6.07, 6.45) is 4.31. The zero-order valence-corrected chi connectivity index (χ0v) is 15.4. The number of allylic oxidation sites excluding steroid dienone is 1. The summed E-state index contributed by atoms with van der Waals surface area (Å²) < 4.78 is 5.96. The molecule has 0 atom stereocenters. The van der Waals surface area contributed by atoms with Gasteiger partial charge >= 0.3 is 5.97 Å². The molecule has 0 spiro atoms. The van der Waals surface area contributed by atoms with Gasteiger partial charge in [0.2, 0.25) is 0 Å². The minimum absolute atomic E-state index is 0.278. The van der Waals surface area contributed by atoms with Crippen LogP contribution in [0.3, 0.4) is 0 Å². The molecule has 0 heterocycles. The van der Waals surface area contributed by atoms with Crippen LogP contribution in [0.2, 0.25) is 5.02 Å². The van der Waals surface area contributed by atoms with Gasteiger partial charge in [-0.3, -0.25) is 0 Å². The summed E-state index contributed by atoms with van der Waals surface area (Å²) in [6.45, 7) is 0.473. The summed E-state index contributed by atoms with van der Waals surface area (Å²) in [4.78, 5) is 11.3. The highest BCUT2D eigenvalue weighted by atomic mass is 35.5. The normalized spacial score (nSPS) is 10.9. The fraction of sp³-hybridized carbons (Fsp3) is 0.0870. The van der Waals surface area contributed by atoms with Gasteiger partial charge in [-0.2, -0.15) is 0 Å². The monoisotopic (exact) mass is 378 g/mol. The van der Waals surface area contributed by atoms with E-state index in [4.69, 9.17) is 16.3 Å². The van der Waals surface area contributed by atoms with Crippen LogP contribution in [0.25, 0.3) is 6.08 Å². The number of ether oxygens (including phenoxy) is 1. The molecule has 0 fully saturated rings. The number of hydrogen-bond donors (Lipinski definition) is 1. The van der Waals surface area contributed by atoms with Crippen molar-refractivity contribution in [3.05, 3.63) is 106 Å². The largest absolute Gasteiger partial charge is 0.489 e. The molecule has 0 aliphatic rings. The number of benzene rings is 3. The molecule has 0 amide bonds. The molecule has 136 valence electrons. The average molecular weight is 379 g/mol. The molecular formula is C23H19ClO3. The predicted octanol–water partition coefficient (Wildman–Crippen LogP) is 5.87. The molecule has 0 unspecified atom stereocenters. The van der Waals surface area contributed by atoms with E-state index in [2.05, 4.69) is 0 Å². The van der Waals surface area contributed by atoms with Gasteiger partial charge in [0.15, 0.2) is 0 Å². The number of carboxylic acid groups (broad SMARTS) is 1. The van der Waals surface area contributed by atoms with Crippen molar-refractivity contribution in [1.82, 2.24) is 0 Å². The van der Waals surface area contributed by atoms with Gasteiger partial charge in [0, 0.05) is 5.02 Å². The first-order valence-electron chi connectivity index (χ1n) is 8.57. The van der Waals surface area contributed by atoms with Crippen molar-refractivity contribution in [1.29, 1.82) is 0 Å². The van der Waals surface area contributed by atoms with Crippen LogP contribution < -0.4 is 4.74 Å². The Kier molecular flexibility index (Phi) is 6.29. The molecule has 0 aliphatic heterocycles. The second kappa shape index (κ2) is 9.06. The van der Waals surface area contributed by atoms with E-state index >= 15 is 0 Å². The van der Waals surface area contributed by atoms with Gasteiger partial charge in [-0.1, -0.05) is 72.3 Å². The lowest BCUT2D eigenvalue weighted by Gasteiger charge is -2.11. The van der Waals surface area contributed by atoms with E-state index in [0.717, 1.165) is 16.9 Å². The van der Waals surface area contributed by atoms with Crippen LogP contribution in [-0.2, 0) is 13.0 Å². The van der Waals surface area contributed by atoms with Gasteiger partial charge in [0.05, 0.1) is 5.56 Å². The minimum atomic E-state index is -0.940. The third kappa shape index (κ3) is 5.22. The van der Waals surface area contributed by atoms with E-state index in [1.807, 2.05) is 60.7 Å². The van der Waals surface area contributed by atoms with E-state index in [1.165, 1.54) is 0 Å². The Morgan fingerprint density at radius 3 is 2.52 bits per heavy atom. The molecule has 3 aromatic carbocycles. The Hall–Kier alpha value is -3.04. The highest BCUT2D eigenvalue weighted by Crippen LogP contribution is 2.25. The van der Waals surface area contributed by atoms with Gasteiger partial charge in [-0.15, -0.1) is 0 Å². The third-order valence-electron chi connectivity index (χ3n) is 4.09. The van der Waals surface area contributed by atoms with Crippen molar-refractivity contribution < 1.29 is 14.6 Å². The third-order valence-corrected chi connectivity index (χ3v) is 4.32. The Morgan fingerprint density at radius 1 is 1.00 bits per heavy atom. The summed E-state index contributed by atoms with van der Waals surface area (Å²) >= 11 is 6.14. The van der Waals surface area contributed by atoms with Gasteiger partial charge in [0.25, 0.3) is 0 Å². The molecule has 0 bridgehead atoms. The predicted molar refractivity (Wildman–Crippen MR) is 108 cm³/mol. The number of carbonyl (C=O) groups is 1. The van der Waals surface area contributed by atoms with E-state index in [0.29, 0.717) is 23.6 Å². The van der Waals surface area contributed by atoms with Crippen molar-refractivity contribution in [2.24, 2.45) is 0 Å². The fourth-order valence-corrected chi connectivity index (χ4v) is 2.93. The molecule has 3 nitrogen and oxygen atoms in total. The summed E-state index contributed by atoms with van der Waals surface area (Å²) in [5.74, 6) is -0.177. The van der Waals surface area contributed by atoms with Gasteiger partial charge < -0.3 is 9.84 Å². The van der Waals surface area contributed by atoms with Crippen LogP contribution >= 0.6 is 11.6 Å². The first-order chi connectivity index (χ1) is 13.1. The molecule has 27 heavy (non-hydrogen) atoms. The van der Waals surface area contributed by atoms with Crippen molar-refractivity contribution in [2.45, 2.75) is 13.0 Å². The van der Waals surface area contributed by atoms with Crippen LogP contribution in [0.1, 0.15) is 27.0 Å². The summed E-state index contributed by atoms with van der Waals surface area (Å²) in [7, 11) is 0. The lowest BCUT2D eigenvalue weighted by atomic mass is 10.1. The first kappa shape index (κ1) is 18.7. The second-order valence-corrected chi connectivity index (χ2v) is 6.46. The molecule has 0 saturated carbocycles. The number of hydrogen-bond acceptors (Lipinski definition) is 2. The molecule has 0 radical (unpaired) electrons. The van der Waals surface area contributed by atoms with Crippen LogP contribution in [-0.4, -0.2) is 11.1 Å². The molecule has 0 saturated heterocycles. The SMILES string of the molecule is O=C(O)c1ccccc1C=CCc1cc(Cl)ccc1OCc1ccccc1. The maximum Gasteiger partial charge on any atom is 0.336 e. The van der Waals surface area contributed by atoms with Crippen LogP contribution in [0, 0.1) is 0 Å². The summed E-state index contributed by atoms with van der Waals surface area (Å²) in [5, 5.41) is 9.90. The van der Waals surface area contributed by atoms with E-state index in [9.17, 15) is 9.90 Å². The number of aromatic carboxylic acids is 1. The lowest BCUT2D eigenvalue weighted by molar-refractivity contribution is 0.0696. The Morgan fingerprint density at radius 2 is 1.74 bits per heavy atom. The average Bonchev–Trinajstić information content (AvgIpc) is 2.68. The molecule has 3 rings (SSSR count). The zero-order chi connectivity index (χ0) is 19.1. The van der Waals surface area contributed by atoms with Gasteiger partial charge in [0.1, 0.15) is 12.4 Å². The first-order valence-corrected chi connectivity index (χ1v) is 8.95. The smallest absolute Gasteiger partial charge is 0.336 e. The molecule has 1 N–H and O–H groups in total. The quantitative estimate of drug-likeness (QED) is 0.559. The highest BCUT2D eigenvalue weighted by molar-refractivity contribution is 6.30. The summed E-state index contributed by atoms with van der Waals surface area (Å²) in [5.41, 5.74) is 2.98. The van der Waals surface area contributed by atoms with Crippen molar-refractivity contribution in [3.8, 4) is 5.75 Å². The van der Waals surface area contributed by atoms with Crippen molar-refractivity contribution >= 4 is 23.6 Å². The van der Waals surface area contributed by atoms with Gasteiger partial charge in [-0.05, 0) is 47.4 Å². The highest BCUT2D eigenvalue weighted by Gasteiger charge is 2.07. The topological polar surface area (TPSA) is 46.5 Å². The minimum Gasteiger partial charge on any atom is -0.489 e. The second-order valence-electron chi connectivity index (χ2n) is 6.03. The molecule has 4 heteroatoms. The molecule has 3 aromatic rings.